The number of hydrogen-bond acceptors (Lipinski definition) is 6. The zero-order valence-electron chi connectivity index (χ0n) is 13.4. The Bertz CT molecular complexity index is 699. The van der Waals surface area contributed by atoms with Crippen LogP contribution < -0.4 is 10.6 Å². The molecule has 1 aliphatic heterocycles. The van der Waals surface area contributed by atoms with Crippen molar-refractivity contribution in [3.8, 4) is 0 Å². The van der Waals surface area contributed by atoms with Crippen LogP contribution in [0, 0.1) is 6.92 Å². The quantitative estimate of drug-likeness (QED) is 0.876. The summed E-state index contributed by atoms with van der Waals surface area (Å²) in [5.41, 5.74) is 8.10. The van der Waals surface area contributed by atoms with Gasteiger partial charge in [0, 0.05) is 31.4 Å². The number of benzene rings is 1. The number of carbonyl (C=O) groups is 1. The van der Waals surface area contributed by atoms with Crippen LogP contribution in [0.5, 0.6) is 0 Å². The van der Waals surface area contributed by atoms with Crippen LogP contribution in [0.3, 0.4) is 0 Å². The maximum absolute atomic E-state index is 12.5. The number of hydrogen-bond donors (Lipinski definition) is 1. The van der Waals surface area contributed by atoms with Crippen molar-refractivity contribution >= 4 is 17.5 Å². The summed E-state index contributed by atoms with van der Waals surface area (Å²) in [4.78, 5) is 16.7. The first-order valence-electron chi connectivity index (χ1n) is 7.68. The molecule has 0 saturated carbocycles. The molecule has 2 heterocycles. The van der Waals surface area contributed by atoms with Crippen LogP contribution in [-0.2, 0) is 11.3 Å². The van der Waals surface area contributed by atoms with Crippen molar-refractivity contribution in [1.82, 2.24) is 25.1 Å². The van der Waals surface area contributed by atoms with Crippen LogP contribution in [0.2, 0.25) is 0 Å². The second-order valence-electron chi connectivity index (χ2n) is 5.86. The first-order valence-corrected chi connectivity index (χ1v) is 7.68. The van der Waals surface area contributed by atoms with Gasteiger partial charge in [-0.25, -0.2) is 4.68 Å². The Morgan fingerprint density at radius 2 is 2.13 bits per heavy atom. The predicted molar refractivity (Wildman–Crippen MR) is 86.8 cm³/mol. The van der Waals surface area contributed by atoms with Gasteiger partial charge in [-0.05, 0) is 35.9 Å². The number of nitrogens with two attached hydrogens (primary N) is 1. The first-order chi connectivity index (χ1) is 11.1. The van der Waals surface area contributed by atoms with E-state index in [9.17, 15) is 4.79 Å². The minimum Gasteiger partial charge on any atom is -0.367 e. The van der Waals surface area contributed by atoms with Gasteiger partial charge in [0.15, 0.2) is 0 Å². The molecular formula is C15H21N7O. The second kappa shape index (κ2) is 6.23. The summed E-state index contributed by atoms with van der Waals surface area (Å²) in [5, 5.41) is 10.8. The standard InChI is InChI=1S/C15H21N7O/c1-11-5-3-4-6-13(11)20-7-8-21(12(2)9-20)14(23)10-22-15(16)17-18-19-22/h3-6,12H,7-10H2,1-2H3,(H2,16,17,19). The van der Waals surface area contributed by atoms with Crippen molar-refractivity contribution in [2.45, 2.75) is 26.4 Å². The molecule has 1 aromatic carbocycles. The zero-order chi connectivity index (χ0) is 16.4. The number of nitrogens with zero attached hydrogens (tertiary/aromatic N) is 6. The third-order valence-corrected chi connectivity index (χ3v) is 4.25. The molecule has 0 radical (unpaired) electrons. The van der Waals surface area contributed by atoms with Gasteiger partial charge < -0.3 is 15.5 Å². The number of aromatic nitrogens is 4. The molecule has 1 saturated heterocycles. The Balaban J connectivity index is 1.66. The monoisotopic (exact) mass is 315 g/mol. The van der Waals surface area contributed by atoms with Crippen molar-refractivity contribution < 1.29 is 4.79 Å². The van der Waals surface area contributed by atoms with Gasteiger partial charge in [0.05, 0.1) is 0 Å². The van der Waals surface area contributed by atoms with E-state index < -0.39 is 0 Å². The third-order valence-electron chi connectivity index (χ3n) is 4.25. The van der Waals surface area contributed by atoms with Crippen LogP contribution >= 0.6 is 0 Å². The molecule has 0 spiro atoms. The van der Waals surface area contributed by atoms with Crippen molar-refractivity contribution in [1.29, 1.82) is 0 Å². The molecule has 8 heteroatoms. The highest BCUT2D eigenvalue weighted by Crippen LogP contribution is 2.23. The van der Waals surface area contributed by atoms with Gasteiger partial charge in [-0.2, -0.15) is 0 Å². The molecule has 2 N–H and O–H groups in total. The molecule has 1 atom stereocenters. The molecule has 1 amide bonds. The van der Waals surface area contributed by atoms with E-state index in [1.165, 1.54) is 15.9 Å². The summed E-state index contributed by atoms with van der Waals surface area (Å²) in [5.74, 6) is 0.144. The summed E-state index contributed by atoms with van der Waals surface area (Å²) in [7, 11) is 0. The average Bonchev–Trinajstić information content (AvgIpc) is 2.92. The van der Waals surface area contributed by atoms with E-state index in [1.54, 1.807) is 0 Å². The van der Waals surface area contributed by atoms with Gasteiger partial charge in [0.2, 0.25) is 11.9 Å². The SMILES string of the molecule is Cc1ccccc1N1CCN(C(=O)Cn2nnnc2N)C(C)C1. The summed E-state index contributed by atoms with van der Waals surface area (Å²) in [6, 6.07) is 8.44. The number of nitrogen functional groups attached to an aromatic ring is 1. The highest BCUT2D eigenvalue weighted by atomic mass is 16.2. The number of piperazine rings is 1. The number of aryl methyl sites for hydroxylation is 1. The lowest BCUT2D eigenvalue weighted by atomic mass is 10.1. The van der Waals surface area contributed by atoms with Gasteiger partial charge in [0.1, 0.15) is 6.54 Å². The summed E-state index contributed by atoms with van der Waals surface area (Å²) < 4.78 is 1.32. The van der Waals surface area contributed by atoms with E-state index in [1.807, 2.05) is 17.0 Å². The minimum atomic E-state index is -0.0130. The van der Waals surface area contributed by atoms with Crippen LogP contribution in [0.4, 0.5) is 11.6 Å². The highest BCUT2D eigenvalue weighted by molar-refractivity contribution is 5.77. The molecule has 0 bridgehead atoms. The molecule has 23 heavy (non-hydrogen) atoms. The zero-order valence-corrected chi connectivity index (χ0v) is 13.4. The van der Waals surface area contributed by atoms with E-state index in [0.717, 1.165) is 13.1 Å². The van der Waals surface area contributed by atoms with Crippen LogP contribution in [-0.4, -0.2) is 56.7 Å². The lowest BCUT2D eigenvalue weighted by Crippen LogP contribution is -2.55. The summed E-state index contributed by atoms with van der Waals surface area (Å²) >= 11 is 0. The fourth-order valence-corrected chi connectivity index (χ4v) is 3.01. The Hall–Kier alpha value is -2.64. The number of tetrazole rings is 1. The maximum atomic E-state index is 12.5. The van der Waals surface area contributed by atoms with Crippen molar-refractivity contribution in [2.75, 3.05) is 30.3 Å². The topological polar surface area (TPSA) is 93.2 Å². The molecule has 1 aromatic heterocycles. The molecule has 1 unspecified atom stereocenters. The molecule has 8 nitrogen and oxygen atoms in total. The average molecular weight is 315 g/mol. The second-order valence-corrected chi connectivity index (χ2v) is 5.86. The minimum absolute atomic E-state index is 0.0130. The van der Waals surface area contributed by atoms with E-state index >= 15 is 0 Å². The van der Waals surface area contributed by atoms with Crippen LogP contribution in [0.1, 0.15) is 12.5 Å². The van der Waals surface area contributed by atoms with E-state index in [0.29, 0.717) is 6.54 Å². The third kappa shape index (κ3) is 3.10. The number of para-hydroxylation sites is 1. The van der Waals surface area contributed by atoms with E-state index in [-0.39, 0.29) is 24.4 Å². The summed E-state index contributed by atoms with van der Waals surface area (Å²) in [6.45, 7) is 6.54. The molecule has 122 valence electrons. The lowest BCUT2D eigenvalue weighted by Gasteiger charge is -2.41. The number of amides is 1. The first kappa shape index (κ1) is 15.3. The van der Waals surface area contributed by atoms with Gasteiger partial charge in [-0.15, -0.1) is 0 Å². The summed E-state index contributed by atoms with van der Waals surface area (Å²) in [6.07, 6.45) is 0. The van der Waals surface area contributed by atoms with Crippen LogP contribution in [0.25, 0.3) is 0 Å². The van der Waals surface area contributed by atoms with Crippen molar-refractivity contribution in [3.05, 3.63) is 29.8 Å². The Kier molecular flexibility index (Phi) is 4.14. The number of anilines is 2. The van der Waals surface area contributed by atoms with Crippen molar-refractivity contribution in [2.24, 2.45) is 0 Å². The predicted octanol–water partition coefficient (Wildman–Crippen LogP) is 0.301. The largest absolute Gasteiger partial charge is 0.367 e. The van der Waals surface area contributed by atoms with E-state index in [4.69, 9.17) is 5.73 Å². The normalized spacial score (nSPS) is 18.3. The fraction of sp³-hybridized carbons (Fsp3) is 0.467. The molecule has 1 fully saturated rings. The molecule has 0 aliphatic carbocycles. The van der Waals surface area contributed by atoms with Gasteiger partial charge in [0.25, 0.3) is 0 Å². The Labute approximate surface area is 134 Å². The smallest absolute Gasteiger partial charge is 0.244 e. The number of rotatable bonds is 3. The maximum Gasteiger partial charge on any atom is 0.244 e. The molecule has 1 aliphatic rings. The highest BCUT2D eigenvalue weighted by Gasteiger charge is 2.28. The van der Waals surface area contributed by atoms with Gasteiger partial charge in [-0.1, -0.05) is 23.3 Å². The number of carbonyl (C=O) groups excluding carboxylic acids is 1. The Morgan fingerprint density at radius 1 is 1.35 bits per heavy atom. The van der Waals surface area contributed by atoms with Gasteiger partial charge >= 0.3 is 0 Å². The lowest BCUT2D eigenvalue weighted by molar-refractivity contribution is -0.134. The Morgan fingerprint density at radius 3 is 2.78 bits per heavy atom. The van der Waals surface area contributed by atoms with Crippen LogP contribution in [0.15, 0.2) is 24.3 Å². The fourth-order valence-electron chi connectivity index (χ4n) is 3.01. The molecule has 3 rings (SSSR count). The van der Waals surface area contributed by atoms with Crippen molar-refractivity contribution in [3.63, 3.8) is 0 Å². The van der Waals surface area contributed by atoms with E-state index in [2.05, 4.69) is 46.4 Å². The molecule has 2 aromatic rings. The van der Waals surface area contributed by atoms with Gasteiger partial charge in [-0.3, -0.25) is 4.79 Å². The molecular weight excluding hydrogens is 294 g/mol.